The van der Waals surface area contributed by atoms with E-state index in [1.165, 1.54) is 53.6 Å². The third-order valence-electron chi connectivity index (χ3n) is 7.78. The molecule has 1 N–H and O–H groups in total. The highest BCUT2D eigenvalue weighted by atomic mass is 32.1. The van der Waals surface area contributed by atoms with Crippen molar-refractivity contribution in [3.63, 3.8) is 0 Å². The van der Waals surface area contributed by atoms with Crippen molar-refractivity contribution in [3.8, 4) is 22.3 Å². The van der Waals surface area contributed by atoms with Crippen LogP contribution in [-0.4, -0.2) is 0 Å². The summed E-state index contributed by atoms with van der Waals surface area (Å²) in [6.45, 7) is 13.8. The lowest BCUT2D eigenvalue weighted by Crippen LogP contribution is -2.16. The van der Waals surface area contributed by atoms with Gasteiger partial charge in [-0.1, -0.05) is 120 Å². The molecule has 0 bridgehead atoms. The van der Waals surface area contributed by atoms with E-state index in [2.05, 4.69) is 156 Å². The van der Waals surface area contributed by atoms with E-state index in [1.807, 2.05) is 11.3 Å². The molecule has 0 saturated heterocycles. The predicted molar refractivity (Wildman–Crippen MR) is 177 cm³/mol. The molecular weight excluding hydrogens is 502 g/mol. The molecule has 5 aromatic carbocycles. The molecule has 0 aliphatic carbocycles. The minimum Gasteiger partial charge on any atom is -0.355 e. The van der Waals surface area contributed by atoms with Crippen LogP contribution in [0, 0.1) is 0 Å². The fourth-order valence-electron chi connectivity index (χ4n) is 5.40. The fourth-order valence-corrected chi connectivity index (χ4v) is 6.53. The first-order chi connectivity index (χ1) is 19.1. The van der Waals surface area contributed by atoms with Gasteiger partial charge >= 0.3 is 0 Å². The van der Waals surface area contributed by atoms with Gasteiger partial charge in [0.1, 0.15) is 0 Å². The summed E-state index contributed by atoms with van der Waals surface area (Å²) in [5.41, 5.74) is 10.1. The first-order valence-corrected chi connectivity index (χ1v) is 14.9. The molecule has 0 aliphatic rings. The van der Waals surface area contributed by atoms with E-state index in [0.717, 1.165) is 11.4 Å². The molecule has 1 heterocycles. The Bertz CT molecular complexity index is 1790. The van der Waals surface area contributed by atoms with Crippen LogP contribution in [0.25, 0.3) is 42.4 Å². The summed E-state index contributed by atoms with van der Waals surface area (Å²) in [5, 5.41) is 6.41. The van der Waals surface area contributed by atoms with E-state index in [1.54, 1.807) is 0 Å². The maximum atomic E-state index is 3.73. The molecule has 2 heteroatoms. The number of benzene rings is 5. The second-order valence-electron chi connectivity index (χ2n) is 12.8. The molecule has 0 aliphatic heterocycles. The fraction of sp³-hybridized carbons (Fsp3) is 0.211. The number of rotatable bonds is 4. The Morgan fingerprint density at radius 1 is 0.525 bits per heavy atom. The van der Waals surface area contributed by atoms with Crippen molar-refractivity contribution < 1.29 is 0 Å². The Morgan fingerprint density at radius 3 is 1.82 bits per heavy atom. The molecule has 200 valence electrons. The van der Waals surface area contributed by atoms with Crippen LogP contribution in [-0.2, 0) is 10.8 Å². The van der Waals surface area contributed by atoms with Gasteiger partial charge in [-0.25, -0.2) is 0 Å². The van der Waals surface area contributed by atoms with Crippen molar-refractivity contribution >= 4 is 42.9 Å². The summed E-state index contributed by atoms with van der Waals surface area (Å²) in [4.78, 5) is 0. The van der Waals surface area contributed by atoms with Crippen molar-refractivity contribution in [2.75, 3.05) is 5.32 Å². The van der Waals surface area contributed by atoms with Gasteiger partial charge in [-0.3, -0.25) is 0 Å². The van der Waals surface area contributed by atoms with Gasteiger partial charge in [0.25, 0.3) is 0 Å². The number of hydrogen-bond acceptors (Lipinski definition) is 2. The van der Waals surface area contributed by atoms with Gasteiger partial charge in [-0.2, -0.15) is 0 Å². The van der Waals surface area contributed by atoms with Crippen LogP contribution in [0.1, 0.15) is 52.7 Å². The molecule has 0 unspecified atom stereocenters. The number of anilines is 2. The quantitative estimate of drug-likeness (QED) is 0.235. The minimum absolute atomic E-state index is 0.0743. The Labute approximate surface area is 242 Å². The van der Waals surface area contributed by atoms with E-state index < -0.39 is 0 Å². The topological polar surface area (TPSA) is 12.0 Å². The first-order valence-electron chi connectivity index (χ1n) is 14.1. The summed E-state index contributed by atoms with van der Waals surface area (Å²) < 4.78 is 2.67. The highest BCUT2D eigenvalue weighted by Crippen LogP contribution is 2.41. The maximum absolute atomic E-state index is 3.73. The summed E-state index contributed by atoms with van der Waals surface area (Å²) >= 11 is 1.87. The summed E-state index contributed by atoms with van der Waals surface area (Å²) in [5.74, 6) is 0. The van der Waals surface area contributed by atoms with E-state index in [9.17, 15) is 0 Å². The normalized spacial score (nSPS) is 12.2. The van der Waals surface area contributed by atoms with Gasteiger partial charge in [0.2, 0.25) is 0 Å². The molecule has 0 amide bonds. The maximum Gasteiger partial charge on any atom is 0.0463 e. The summed E-state index contributed by atoms with van der Waals surface area (Å²) in [7, 11) is 0. The average Bonchev–Trinajstić information content (AvgIpc) is 3.32. The van der Waals surface area contributed by atoms with Crippen molar-refractivity contribution in [1.29, 1.82) is 0 Å². The number of fused-ring (bicyclic) bond motifs is 3. The zero-order chi connectivity index (χ0) is 28.1. The molecule has 0 fully saturated rings. The van der Waals surface area contributed by atoms with Gasteiger partial charge < -0.3 is 5.32 Å². The van der Waals surface area contributed by atoms with Crippen LogP contribution in [0.2, 0.25) is 0 Å². The molecule has 0 saturated carbocycles. The van der Waals surface area contributed by atoms with Gasteiger partial charge in [0.15, 0.2) is 0 Å². The van der Waals surface area contributed by atoms with Gasteiger partial charge in [0.05, 0.1) is 0 Å². The van der Waals surface area contributed by atoms with Crippen molar-refractivity contribution in [1.82, 2.24) is 0 Å². The monoisotopic (exact) mass is 539 g/mol. The zero-order valence-corrected chi connectivity index (χ0v) is 25.1. The average molecular weight is 540 g/mol. The zero-order valence-electron chi connectivity index (χ0n) is 24.3. The summed E-state index contributed by atoms with van der Waals surface area (Å²) in [6.07, 6.45) is 0. The van der Waals surface area contributed by atoms with E-state index in [4.69, 9.17) is 0 Å². The number of hydrogen-bond donors (Lipinski definition) is 1. The van der Waals surface area contributed by atoms with E-state index in [-0.39, 0.29) is 10.8 Å². The second-order valence-corrected chi connectivity index (χ2v) is 13.9. The lowest BCUT2D eigenvalue weighted by Gasteiger charge is -2.26. The molecule has 6 aromatic rings. The van der Waals surface area contributed by atoms with Crippen LogP contribution in [0.4, 0.5) is 11.4 Å². The van der Waals surface area contributed by atoms with Gasteiger partial charge in [-0.15, -0.1) is 11.3 Å². The SMILES string of the molecule is CC(C)(C)c1cc(-c2ccccc2Nc2ccc(-c3cccc4sc5ccccc5c34)cc2)cc(C(C)(C)C)c1. The van der Waals surface area contributed by atoms with Crippen LogP contribution in [0.15, 0.2) is 109 Å². The third kappa shape index (κ3) is 5.05. The smallest absolute Gasteiger partial charge is 0.0463 e. The predicted octanol–water partition coefficient (Wildman–Crippen LogP) is 11.7. The Morgan fingerprint density at radius 2 is 1.12 bits per heavy atom. The Balaban J connectivity index is 1.37. The molecule has 0 radical (unpaired) electrons. The van der Waals surface area contributed by atoms with Crippen LogP contribution < -0.4 is 5.32 Å². The molecule has 1 aromatic heterocycles. The summed E-state index contributed by atoms with van der Waals surface area (Å²) in [6, 6.07) is 40.0. The largest absolute Gasteiger partial charge is 0.355 e. The second kappa shape index (κ2) is 9.94. The number of thiophene rings is 1. The highest BCUT2D eigenvalue weighted by molar-refractivity contribution is 7.25. The lowest BCUT2D eigenvalue weighted by molar-refractivity contribution is 0.569. The Hall–Kier alpha value is -3.88. The number of para-hydroxylation sites is 1. The molecule has 1 nitrogen and oxygen atoms in total. The highest BCUT2D eigenvalue weighted by Gasteiger charge is 2.21. The molecule has 6 rings (SSSR count). The molecule has 0 atom stereocenters. The molecular formula is C38H37NS. The van der Waals surface area contributed by atoms with Crippen LogP contribution >= 0.6 is 11.3 Å². The third-order valence-corrected chi connectivity index (χ3v) is 8.92. The minimum atomic E-state index is 0.0743. The van der Waals surface area contributed by atoms with Crippen molar-refractivity contribution in [2.45, 2.75) is 52.4 Å². The molecule has 0 spiro atoms. The van der Waals surface area contributed by atoms with Gasteiger partial charge in [0, 0.05) is 37.1 Å². The standard InChI is InChI=1S/C38H37NS/c1-37(2,3)27-22-26(23-28(24-27)38(4,5)6)30-12-7-9-15-33(30)39-29-20-18-25(19-21-29)31-14-11-17-35-36(31)32-13-8-10-16-34(32)40-35/h7-24,39H,1-6H3. The lowest BCUT2D eigenvalue weighted by atomic mass is 9.79. The van der Waals surface area contributed by atoms with Crippen LogP contribution in [0.3, 0.4) is 0 Å². The van der Waals surface area contributed by atoms with E-state index in [0.29, 0.717) is 0 Å². The van der Waals surface area contributed by atoms with Crippen molar-refractivity contribution in [2.24, 2.45) is 0 Å². The van der Waals surface area contributed by atoms with Crippen molar-refractivity contribution in [3.05, 3.63) is 120 Å². The van der Waals surface area contributed by atoms with E-state index >= 15 is 0 Å². The molecule has 40 heavy (non-hydrogen) atoms. The van der Waals surface area contributed by atoms with Gasteiger partial charge in [-0.05, 0) is 69.0 Å². The number of nitrogens with one attached hydrogen (secondary N) is 1. The Kier molecular flexibility index (Phi) is 6.55. The first kappa shape index (κ1) is 26.3. The van der Waals surface area contributed by atoms with Crippen LogP contribution in [0.5, 0.6) is 0 Å².